The van der Waals surface area contributed by atoms with Crippen LogP contribution in [-0.4, -0.2) is 53.0 Å². The zero-order chi connectivity index (χ0) is 29.1. The smallest absolute Gasteiger partial charge is 0.328 e. The molecule has 3 aromatic carbocycles. The van der Waals surface area contributed by atoms with Gasteiger partial charge in [-0.1, -0.05) is 77.8 Å². The van der Waals surface area contributed by atoms with Crippen LogP contribution < -0.4 is 16.0 Å². The first-order valence-corrected chi connectivity index (χ1v) is 14.0. The summed E-state index contributed by atoms with van der Waals surface area (Å²) in [5.74, 6) is -2.42. The molecule has 0 spiro atoms. The zero-order valence-corrected chi connectivity index (χ0v) is 23.5. The average molecular weight is 595 g/mol. The molecule has 3 aromatic rings. The van der Waals surface area contributed by atoms with Gasteiger partial charge in [0.25, 0.3) is 11.8 Å². The van der Waals surface area contributed by atoms with Gasteiger partial charge in [0.15, 0.2) is 0 Å². The number of nitrogens with one attached hydrogen (secondary N) is 3. The number of carboxylic acids is 1. The molecule has 0 aromatic heterocycles. The van der Waals surface area contributed by atoms with Crippen molar-refractivity contribution in [3.8, 4) is 0 Å². The van der Waals surface area contributed by atoms with Crippen molar-refractivity contribution in [1.29, 1.82) is 0 Å². The first-order chi connectivity index (χ1) is 19.7. The maximum atomic E-state index is 13.2. The topological polar surface area (TPSA) is 128 Å². The second-order valence-electron chi connectivity index (χ2n) is 10.0. The van der Waals surface area contributed by atoms with Crippen molar-refractivity contribution in [2.45, 2.75) is 37.9 Å². The van der Waals surface area contributed by atoms with E-state index in [-0.39, 0.29) is 34.1 Å². The first kappa shape index (κ1) is 28.4. The second-order valence-corrected chi connectivity index (χ2v) is 10.8. The third-order valence-corrected chi connectivity index (χ3v) is 8.14. The van der Waals surface area contributed by atoms with E-state index in [2.05, 4.69) is 16.0 Å². The summed E-state index contributed by atoms with van der Waals surface area (Å²) in [6.45, 7) is 0.449. The molecule has 1 heterocycles. The highest BCUT2D eigenvalue weighted by Crippen LogP contribution is 2.35. The Morgan fingerprint density at radius 2 is 1.76 bits per heavy atom. The van der Waals surface area contributed by atoms with Gasteiger partial charge in [0.1, 0.15) is 6.04 Å². The van der Waals surface area contributed by atoms with E-state index in [0.717, 1.165) is 29.5 Å². The van der Waals surface area contributed by atoms with Gasteiger partial charge < -0.3 is 26.0 Å². The van der Waals surface area contributed by atoms with Crippen molar-refractivity contribution in [2.75, 3.05) is 13.1 Å². The normalized spacial score (nSPS) is 16.4. The van der Waals surface area contributed by atoms with E-state index in [1.165, 1.54) is 6.07 Å². The molecule has 9 nitrogen and oxygen atoms in total. The van der Waals surface area contributed by atoms with Crippen LogP contribution in [0.1, 0.15) is 55.4 Å². The Bertz CT molecular complexity index is 1510. The molecule has 0 saturated heterocycles. The van der Waals surface area contributed by atoms with E-state index in [9.17, 15) is 24.3 Å². The Labute approximate surface area is 246 Å². The van der Waals surface area contributed by atoms with Crippen LogP contribution in [0.3, 0.4) is 0 Å². The number of carbonyl (C=O) groups is 4. The van der Waals surface area contributed by atoms with Crippen LogP contribution in [0, 0.1) is 0 Å². The summed E-state index contributed by atoms with van der Waals surface area (Å²) >= 11 is 13.0. The molecule has 0 saturated carbocycles. The van der Waals surface area contributed by atoms with Gasteiger partial charge in [-0.05, 0) is 47.6 Å². The lowest BCUT2D eigenvalue weighted by Crippen LogP contribution is -2.50. The lowest BCUT2D eigenvalue weighted by Gasteiger charge is -2.30. The summed E-state index contributed by atoms with van der Waals surface area (Å²) in [4.78, 5) is 52.5. The minimum atomic E-state index is -1.45. The van der Waals surface area contributed by atoms with Crippen molar-refractivity contribution in [3.05, 3.63) is 104 Å². The molecule has 2 aliphatic rings. The number of fused-ring (bicyclic) bond motifs is 2. The monoisotopic (exact) mass is 594 g/mol. The highest BCUT2D eigenvalue weighted by Gasteiger charge is 2.32. The van der Waals surface area contributed by atoms with Crippen molar-refractivity contribution < 1.29 is 24.3 Å². The van der Waals surface area contributed by atoms with Gasteiger partial charge in [-0.15, -0.1) is 0 Å². The van der Waals surface area contributed by atoms with Gasteiger partial charge in [-0.2, -0.15) is 0 Å². The molecule has 4 N–H and O–H groups in total. The van der Waals surface area contributed by atoms with Gasteiger partial charge in [0.2, 0.25) is 0 Å². The molecule has 41 heavy (non-hydrogen) atoms. The third kappa shape index (κ3) is 6.16. The summed E-state index contributed by atoms with van der Waals surface area (Å²) in [6, 6.07) is 16.6. The number of hydrogen-bond donors (Lipinski definition) is 4. The average Bonchev–Trinajstić information content (AvgIpc) is 3.36. The highest BCUT2D eigenvalue weighted by atomic mass is 35.5. The Balaban J connectivity index is 1.24. The number of aryl methyl sites for hydroxylation is 1. The third-order valence-electron chi connectivity index (χ3n) is 7.42. The number of carboxylic acid groups (broad SMARTS) is 1. The Morgan fingerprint density at radius 1 is 1.02 bits per heavy atom. The number of rotatable bonds is 8. The van der Waals surface area contributed by atoms with Gasteiger partial charge in [0.05, 0.1) is 28.2 Å². The number of urea groups is 1. The van der Waals surface area contributed by atoms with Crippen molar-refractivity contribution >= 4 is 47.0 Å². The second kappa shape index (κ2) is 12.2. The van der Waals surface area contributed by atoms with E-state index in [1.54, 1.807) is 4.90 Å². The summed E-state index contributed by atoms with van der Waals surface area (Å²) < 4.78 is 0. The molecular formula is C30H28Cl2N4O5. The fourth-order valence-electron chi connectivity index (χ4n) is 5.32. The number of benzene rings is 3. The van der Waals surface area contributed by atoms with Gasteiger partial charge >= 0.3 is 12.0 Å². The predicted molar refractivity (Wildman–Crippen MR) is 154 cm³/mol. The molecule has 0 bridgehead atoms. The van der Waals surface area contributed by atoms with Gasteiger partial charge in [-0.3, -0.25) is 9.59 Å². The van der Waals surface area contributed by atoms with Crippen LogP contribution in [0.25, 0.3) is 0 Å². The maximum absolute atomic E-state index is 13.2. The molecule has 1 aliphatic carbocycles. The van der Waals surface area contributed by atoms with Crippen molar-refractivity contribution in [2.24, 2.45) is 0 Å². The molecule has 2 atom stereocenters. The highest BCUT2D eigenvalue weighted by molar-refractivity contribution is 6.41. The number of hydrogen-bond acceptors (Lipinski definition) is 4. The number of nitrogens with zero attached hydrogens (tertiary/aromatic N) is 1. The molecule has 212 valence electrons. The SMILES string of the molecule is O=C(NC[C@H](NC(=O)c1c(Cl)cc2c(c1Cl)CCN(Cc1ccccc1)C2=O)C(=O)O)N[C@@H]1CCc2ccccc21. The molecular weight excluding hydrogens is 567 g/mol. The molecule has 1 aliphatic heterocycles. The Morgan fingerprint density at radius 3 is 2.51 bits per heavy atom. The number of carbonyl (C=O) groups excluding carboxylic acids is 3. The van der Waals surface area contributed by atoms with Crippen LogP contribution >= 0.6 is 23.2 Å². The zero-order valence-electron chi connectivity index (χ0n) is 22.0. The van der Waals surface area contributed by atoms with Gasteiger partial charge in [-0.25, -0.2) is 9.59 Å². The van der Waals surface area contributed by atoms with Crippen LogP contribution in [0.2, 0.25) is 10.0 Å². The van der Waals surface area contributed by atoms with E-state index in [1.807, 2.05) is 54.6 Å². The van der Waals surface area contributed by atoms with Crippen molar-refractivity contribution in [1.82, 2.24) is 20.9 Å². The van der Waals surface area contributed by atoms with E-state index < -0.39 is 23.9 Å². The molecule has 0 fully saturated rings. The molecule has 5 rings (SSSR count). The Kier molecular flexibility index (Phi) is 8.46. The Hall–Kier alpha value is -4.08. The van der Waals surface area contributed by atoms with Crippen LogP contribution in [-0.2, 0) is 24.2 Å². The number of halogens is 2. The maximum Gasteiger partial charge on any atom is 0.328 e. The summed E-state index contributed by atoms with van der Waals surface area (Å²) in [7, 11) is 0. The van der Waals surface area contributed by atoms with E-state index in [0.29, 0.717) is 30.6 Å². The van der Waals surface area contributed by atoms with Gasteiger partial charge in [0, 0.05) is 18.7 Å². The van der Waals surface area contributed by atoms with Crippen LogP contribution in [0.15, 0.2) is 60.7 Å². The lowest BCUT2D eigenvalue weighted by atomic mass is 9.95. The lowest BCUT2D eigenvalue weighted by molar-refractivity contribution is -0.139. The van der Waals surface area contributed by atoms with E-state index in [4.69, 9.17) is 23.2 Å². The fraction of sp³-hybridized carbons (Fsp3) is 0.267. The fourth-order valence-corrected chi connectivity index (χ4v) is 6.04. The summed E-state index contributed by atoms with van der Waals surface area (Å²) in [5.41, 5.74) is 3.85. The minimum Gasteiger partial charge on any atom is -0.480 e. The summed E-state index contributed by atoms with van der Waals surface area (Å²) in [6.07, 6.45) is 1.99. The summed E-state index contributed by atoms with van der Waals surface area (Å²) in [5, 5.41) is 17.4. The largest absolute Gasteiger partial charge is 0.480 e. The van der Waals surface area contributed by atoms with Crippen LogP contribution in [0.4, 0.5) is 4.79 Å². The molecule has 0 radical (unpaired) electrons. The number of aliphatic carboxylic acids is 1. The quantitative estimate of drug-likeness (QED) is 0.308. The predicted octanol–water partition coefficient (Wildman–Crippen LogP) is 4.36. The first-order valence-electron chi connectivity index (χ1n) is 13.2. The minimum absolute atomic E-state index is 0.00690. The number of amides is 4. The molecule has 0 unspecified atom stereocenters. The molecule has 4 amide bonds. The van der Waals surface area contributed by atoms with Crippen molar-refractivity contribution in [3.63, 3.8) is 0 Å². The van der Waals surface area contributed by atoms with Crippen LogP contribution in [0.5, 0.6) is 0 Å². The molecule has 11 heteroatoms. The standard InChI is InChI=1S/C30H28Cl2N4O5/c31-22-14-21-20(12-13-36(28(21)38)16-17-6-2-1-3-7-17)26(32)25(22)27(37)34-24(29(39)40)15-33-30(41)35-23-11-10-18-8-4-5-9-19(18)23/h1-9,14,23-24H,10-13,15-16H2,(H,34,37)(H,39,40)(H2,33,35,41)/t23-,24+/m1/s1. The van der Waals surface area contributed by atoms with E-state index >= 15 is 0 Å².